The van der Waals surface area contributed by atoms with Crippen LogP contribution in [-0.2, 0) is 0 Å². The predicted octanol–water partition coefficient (Wildman–Crippen LogP) is 7.14. The number of rotatable bonds is 10. The Labute approximate surface area is 245 Å². The molecule has 206 valence electrons. The molecule has 2 N–H and O–H groups in total. The zero-order valence-corrected chi connectivity index (χ0v) is 24.4. The number of nitrogens with one attached hydrogen (secondary N) is 2. The smallest absolute Gasteiger partial charge is 0.321 e. The van der Waals surface area contributed by atoms with Crippen molar-refractivity contribution in [1.29, 1.82) is 0 Å². The molecule has 4 aromatic rings. The van der Waals surface area contributed by atoms with Gasteiger partial charge in [0.15, 0.2) is 11.0 Å². The SMILES string of the molecule is C=CCNC(=O)Nc1ncc(-c2cc(-c3cc(OCCC4CCCCC4)ccc3Br)nc(-c3cnccn3)n2)s1. The lowest BCUT2D eigenvalue weighted by Gasteiger charge is -2.21. The minimum absolute atomic E-state index is 0.353. The van der Waals surface area contributed by atoms with Crippen molar-refractivity contribution in [3.05, 3.63) is 66.2 Å². The van der Waals surface area contributed by atoms with E-state index < -0.39 is 0 Å². The number of halogens is 1. The van der Waals surface area contributed by atoms with Crippen LogP contribution in [0.4, 0.5) is 9.93 Å². The number of nitrogens with zero attached hydrogens (tertiary/aromatic N) is 5. The van der Waals surface area contributed by atoms with Gasteiger partial charge in [-0.25, -0.2) is 24.7 Å². The molecule has 0 atom stereocenters. The normalized spacial score (nSPS) is 13.5. The molecule has 0 bridgehead atoms. The Bertz CT molecular complexity index is 1460. The Morgan fingerprint density at radius 3 is 2.73 bits per heavy atom. The fourth-order valence-electron chi connectivity index (χ4n) is 4.61. The number of aromatic nitrogens is 5. The third kappa shape index (κ3) is 7.28. The molecule has 0 aliphatic heterocycles. The summed E-state index contributed by atoms with van der Waals surface area (Å²) in [6.07, 6.45) is 15.8. The van der Waals surface area contributed by atoms with Gasteiger partial charge >= 0.3 is 6.03 Å². The van der Waals surface area contributed by atoms with Crippen LogP contribution in [0.2, 0.25) is 0 Å². The van der Waals surface area contributed by atoms with E-state index in [-0.39, 0.29) is 6.03 Å². The van der Waals surface area contributed by atoms with Gasteiger partial charge in [-0.15, -0.1) is 6.58 Å². The van der Waals surface area contributed by atoms with E-state index in [1.54, 1.807) is 30.9 Å². The van der Waals surface area contributed by atoms with Crippen molar-refractivity contribution >= 4 is 38.4 Å². The number of hydrogen-bond donors (Lipinski definition) is 2. The van der Waals surface area contributed by atoms with Crippen molar-refractivity contribution in [3.8, 4) is 39.1 Å². The fraction of sp³-hybridized carbons (Fsp3) is 0.310. The van der Waals surface area contributed by atoms with Gasteiger partial charge in [-0.3, -0.25) is 10.3 Å². The highest BCUT2D eigenvalue weighted by atomic mass is 79.9. The summed E-state index contributed by atoms with van der Waals surface area (Å²) in [5.41, 5.74) is 2.77. The average molecular weight is 621 g/mol. The molecule has 2 amide bonds. The van der Waals surface area contributed by atoms with Crippen LogP contribution in [0, 0.1) is 5.92 Å². The molecule has 0 spiro atoms. The van der Waals surface area contributed by atoms with Crippen molar-refractivity contribution in [2.75, 3.05) is 18.5 Å². The van der Waals surface area contributed by atoms with Gasteiger partial charge in [0.1, 0.15) is 11.4 Å². The summed E-state index contributed by atoms with van der Waals surface area (Å²) in [5.74, 6) is 1.99. The molecule has 1 saturated carbocycles. The third-order valence-corrected chi connectivity index (χ3v) is 8.26. The number of carbonyl (C=O) groups excluding carboxylic acids is 1. The predicted molar refractivity (Wildman–Crippen MR) is 161 cm³/mol. The lowest BCUT2D eigenvalue weighted by Crippen LogP contribution is -2.28. The van der Waals surface area contributed by atoms with Crippen LogP contribution in [0.5, 0.6) is 5.75 Å². The number of amides is 2. The fourth-order valence-corrected chi connectivity index (χ4v) is 5.83. The topological polar surface area (TPSA) is 115 Å². The van der Waals surface area contributed by atoms with Gasteiger partial charge < -0.3 is 10.1 Å². The molecule has 3 aromatic heterocycles. The minimum atomic E-state index is -0.353. The number of carbonyl (C=O) groups is 1. The van der Waals surface area contributed by atoms with Gasteiger partial charge in [0.2, 0.25) is 0 Å². The highest BCUT2D eigenvalue weighted by molar-refractivity contribution is 9.10. The van der Waals surface area contributed by atoms with Crippen molar-refractivity contribution < 1.29 is 9.53 Å². The minimum Gasteiger partial charge on any atom is -0.494 e. The number of ether oxygens (including phenoxy) is 1. The molecule has 40 heavy (non-hydrogen) atoms. The molecule has 0 unspecified atom stereocenters. The number of hydrogen-bond acceptors (Lipinski definition) is 8. The molecular formula is C29H30BrN7O2S. The van der Waals surface area contributed by atoms with E-state index in [4.69, 9.17) is 14.7 Å². The van der Waals surface area contributed by atoms with Gasteiger partial charge in [0.25, 0.3) is 0 Å². The van der Waals surface area contributed by atoms with Crippen molar-refractivity contribution in [2.24, 2.45) is 5.92 Å². The molecule has 9 nitrogen and oxygen atoms in total. The average Bonchev–Trinajstić information content (AvgIpc) is 3.46. The monoisotopic (exact) mass is 619 g/mol. The summed E-state index contributed by atoms with van der Waals surface area (Å²) in [6.45, 7) is 4.66. The first-order chi connectivity index (χ1) is 19.6. The van der Waals surface area contributed by atoms with Crippen molar-refractivity contribution in [1.82, 2.24) is 30.2 Å². The number of benzene rings is 1. The number of thiazole rings is 1. The second-order valence-electron chi connectivity index (χ2n) is 9.49. The van der Waals surface area contributed by atoms with E-state index in [2.05, 4.69) is 48.1 Å². The Morgan fingerprint density at radius 2 is 1.93 bits per heavy atom. The second-order valence-corrected chi connectivity index (χ2v) is 11.4. The highest BCUT2D eigenvalue weighted by Gasteiger charge is 2.17. The lowest BCUT2D eigenvalue weighted by molar-refractivity contribution is 0.246. The van der Waals surface area contributed by atoms with E-state index in [1.807, 2.05) is 24.3 Å². The highest BCUT2D eigenvalue weighted by Crippen LogP contribution is 2.36. The van der Waals surface area contributed by atoms with Crippen LogP contribution < -0.4 is 15.4 Å². The first-order valence-electron chi connectivity index (χ1n) is 13.3. The molecule has 1 fully saturated rings. The van der Waals surface area contributed by atoms with Crippen LogP contribution >= 0.6 is 27.3 Å². The van der Waals surface area contributed by atoms with Crippen LogP contribution in [0.1, 0.15) is 38.5 Å². The van der Waals surface area contributed by atoms with Gasteiger partial charge in [-0.05, 0) is 36.6 Å². The van der Waals surface area contributed by atoms with E-state index >= 15 is 0 Å². The molecule has 1 aromatic carbocycles. The Kier molecular flexibility index (Phi) is 9.46. The first-order valence-corrected chi connectivity index (χ1v) is 14.9. The first kappa shape index (κ1) is 27.9. The van der Waals surface area contributed by atoms with Crippen molar-refractivity contribution in [3.63, 3.8) is 0 Å². The number of urea groups is 1. The Balaban J connectivity index is 1.43. The summed E-state index contributed by atoms with van der Waals surface area (Å²) in [7, 11) is 0. The molecule has 11 heteroatoms. The van der Waals surface area contributed by atoms with E-state index in [0.717, 1.165) is 33.0 Å². The Hall–Kier alpha value is -3.70. The molecule has 3 heterocycles. The van der Waals surface area contributed by atoms with Crippen LogP contribution in [0.3, 0.4) is 0 Å². The van der Waals surface area contributed by atoms with Gasteiger partial charge in [0.05, 0.1) is 29.1 Å². The largest absolute Gasteiger partial charge is 0.494 e. The van der Waals surface area contributed by atoms with E-state index in [0.29, 0.717) is 41.2 Å². The molecule has 5 rings (SSSR count). The van der Waals surface area contributed by atoms with Crippen LogP contribution in [0.25, 0.3) is 33.3 Å². The summed E-state index contributed by atoms with van der Waals surface area (Å²) in [5, 5.41) is 5.87. The summed E-state index contributed by atoms with van der Waals surface area (Å²) in [4.78, 5) is 35.4. The summed E-state index contributed by atoms with van der Waals surface area (Å²) >= 11 is 5.01. The van der Waals surface area contributed by atoms with Gasteiger partial charge in [-0.1, -0.05) is 65.4 Å². The zero-order chi connectivity index (χ0) is 27.7. The maximum Gasteiger partial charge on any atom is 0.321 e. The summed E-state index contributed by atoms with van der Waals surface area (Å²) in [6, 6.07) is 7.50. The third-order valence-electron chi connectivity index (χ3n) is 6.64. The standard InChI is InChI=1S/C29H30BrN7O2S/c1-2-11-33-28(38)37-29-34-18-26(40-29)24-16-23(35-27(36-24)25-17-31-12-13-32-25)21-15-20(8-9-22(21)30)39-14-10-19-6-4-3-5-7-19/h2,8-9,12-13,15-19H,1,3-7,10-11,14H2,(H2,33,34,37,38). The number of anilines is 1. The molecule has 1 aliphatic rings. The maximum atomic E-state index is 12.1. The van der Waals surface area contributed by atoms with E-state index in [9.17, 15) is 4.79 Å². The quantitative estimate of drug-likeness (QED) is 0.181. The molecule has 0 radical (unpaired) electrons. The second kappa shape index (κ2) is 13.6. The lowest BCUT2D eigenvalue weighted by atomic mass is 9.87. The Morgan fingerprint density at radius 1 is 1.07 bits per heavy atom. The van der Waals surface area contributed by atoms with E-state index in [1.165, 1.54) is 43.4 Å². The van der Waals surface area contributed by atoms with Crippen LogP contribution in [0.15, 0.2) is 66.2 Å². The summed E-state index contributed by atoms with van der Waals surface area (Å²) < 4.78 is 7.06. The van der Waals surface area contributed by atoms with Gasteiger partial charge in [-0.2, -0.15) is 0 Å². The van der Waals surface area contributed by atoms with Gasteiger partial charge in [0, 0.05) is 35.2 Å². The molecule has 1 aliphatic carbocycles. The molecular weight excluding hydrogens is 590 g/mol. The molecule has 0 saturated heterocycles. The van der Waals surface area contributed by atoms with Crippen molar-refractivity contribution in [2.45, 2.75) is 38.5 Å². The maximum absolute atomic E-state index is 12.1. The van der Waals surface area contributed by atoms with Crippen LogP contribution in [-0.4, -0.2) is 44.1 Å². The zero-order valence-electron chi connectivity index (χ0n) is 22.0.